The van der Waals surface area contributed by atoms with Crippen molar-refractivity contribution in [1.82, 2.24) is 9.71 Å². The topological polar surface area (TPSA) is 120 Å². The lowest BCUT2D eigenvalue weighted by molar-refractivity contribution is -0.136. The minimum absolute atomic E-state index is 0.0465. The Labute approximate surface area is 139 Å². The van der Waals surface area contributed by atoms with Crippen molar-refractivity contribution >= 4 is 16.0 Å². The van der Waals surface area contributed by atoms with E-state index < -0.39 is 16.0 Å². The SMILES string of the molecule is N#Cc1cncc(S(=O)(=O)NCCc2ccc(CC(=O)O)cc2)c1. The highest BCUT2D eigenvalue weighted by Crippen LogP contribution is 2.10. The van der Waals surface area contributed by atoms with Gasteiger partial charge in [0.05, 0.1) is 12.0 Å². The first-order chi connectivity index (χ1) is 11.4. The number of pyridine rings is 1. The lowest BCUT2D eigenvalue weighted by atomic mass is 10.1. The van der Waals surface area contributed by atoms with Crippen LogP contribution in [0.15, 0.2) is 47.6 Å². The Bertz CT molecular complexity index is 871. The second kappa shape index (κ2) is 7.68. The molecule has 2 aromatic rings. The van der Waals surface area contributed by atoms with E-state index in [0.29, 0.717) is 12.0 Å². The third kappa shape index (κ3) is 4.87. The van der Waals surface area contributed by atoms with Crippen LogP contribution in [0.2, 0.25) is 0 Å². The van der Waals surface area contributed by atoms with Crippen LogP contribution in [0.3, 0.4) is 0 Å². The van der Waals surface area contributed by atoms with Crippen molar-refractivity contribution in [3.63, 3.8) is 0 Å². The molecule has 1 heterocycles. The quantitative estimate of drug-likeness (QED) is 0.775. The van der Waals surface area contributed by atoms with Gasteiger partial charge in [-0.15, -0.1) is 0 Å². The maximum atomic E-state index is 12.1. The summed E-state index contributed by atoms with van der Waals surface area (Å²) in [6.45, 7) is 0.178. The highest BCUT2D eigenvalue weighted by Gasteiger charge is 2.14. The van der Waals surface area contributed by atoms with Crippen LogP contribution in [-0.4, -0.2) is 31.0 Å². The molecule has 8 heteroatoms. The molecule has 0 bridgehead atoms. The Hall–Kier alpha value is -2.76. The molecule has 0 saturated carbocycles. The molecule has 0 aliphatic carbocycles. The van der Waals surface area contributed by atoms with Crippen molar-refractivity contribution in [3.05, 3.63) is 59.4 Å². The highest BCUT2D eigenvalue weighted by molar-refractivity contribution is 7.89. The molecule has 0 aliphatic heterocycles. The number of carbonyl (C=O) groups is 1. The standard InChI is InChI=1S/C16H15N3O4S/c17-9-14-7-15(11-18-10-14)24(22,23)19-6-5-12-1-3-13(4-2-12)8-16(20)21/h1-4,7,10-11,19H,5-6,8H2,(H,20,21). The van der Waals surface area contributed by atoms with E-state index in [0.717, 1.165) is 5.56 Å². The predicted molar refractivity (Wildman–Crippen MR) is 85.6 cm³/mol. The van der Waals surface area contributed by atoms with E-state index in [1.165, 1.54) is 18.5 Å². The minimum atomic E-state index is -3.73. The average molecular weight is 345 g/mol. The summed E-state index contributed by atoms with van der Waals surface area (Å²) in [6, 6.07) is 10.1. The molecule has 1 aromatic heterocycles. The molecule has 1 aromatic carbocycles. The van der Waals surface area contributed by atoms with Crippen molar-refractivity contribution in [3.8, 4) is 6.07 Å². The second-order valence-electron chi connectivity index (χ2n) is 5.06. The fourth-order valence-corrected chi connectivity index (χ4v) is 3.06. The van der Waals surface area contributed by atoms with Gasteiger partial charge in [-0.2, -0.15) is 5.26 Å². The van der Waals surface area contributed by atoms with E-state index in [9.17, 15) is 13.2 Å². The first kappa shape index (κ1) is 17.6. The Balaban J connectivity index is 1.95. The van der Waals surface area contributed by atoms with Crippen LogP contribution in [0.4, 0.5) is 0 Å². The van der Waals surface area contributed by atoms with Crippen molar-refractivity contribution in [2.75, 3.05) is 6.54 Å². The van der Waals surface area contributed by atoms with Crippen LogP contribution < -0.4 is 4.72 Å². The molecule has 2 rings (SSSR count). The zero-order valence-corrected chi connectivity index (χ0v) is 13.5. The molecule has 0 radical (unpaired) electrons. The van der Waals surface area contributed by atoms with Gasteiger partial charge < -0.3 is 5.11 Å². The van der Waals surface area contributed by atoms with E-state index in [2.05, 4.69) is 9.71 Å². The first-order valence-corrected chi connectivity index (χ1v) is 8.53. The first-order valence-electron chi connectivity index (χ1n) is 7.05. The molecule has 0 unspecified atom stereocenters. The van der Waals surface area contributed by atoms with Crippen LogP contribution in [0, 0.1) is 11.3 Å². The molecule has 24 heavy (non-hydrogen) atoms. The van der Waals surface area contributed by atoms with Gasteiger partial charge in [0.15, 0.2) is 0 Å². The zero-order chi connectivity index (χ0) is 17.6. The number of carboxylic acid groups (broad SMARTS) is 1. The number of sulfonamides is 1. The molecule has 0 amide bonds. The van der Waals surface area contributed by atoms with Gasteiger partial charge >= 0.3 is 5.97 Å². The van der Waals surface area contributed by atoms with Crippen LogP contribution >= 0.6 is 0 Å². The fraction of sp³-hybridized carbons (Fsp3) is 0.188. The van der Waals surface area contributed by atoms with E-state index in [1.807, 2.05) is 6.07 Å². The maximum absolute atomic E-state index is 12.1. The van der Waals surface area contributed by atoms with Crippen molar-refractivity contribution < 1.29 is 18.3 Å². The van der Waals surface area contributed by atoms with Crippen LogP contribution in [0.25, 0.3) is 0 Å². The van der Waals surface area contributed by atoms with Gasteiger partial charge in [0.2, 0.25) is 10.0 Å². The predicted octanol–water partition coefficient (Wildman–Crippen LogP) is 1.10. The van der Waals surface area contributed by atoms with Gasteiger partial charge in [0.1, 0.15) is 11.0 Å². The number of benzene rings is 1. The van der Waals surface area contributed by atoms with Gasteiger partial charge in [-0.25, -0.2) is 13.1 Å². The number of rotatable bonds is 7. The minimum Gasteiger partial charge on any atom is -0.481 e. The summed E-state index contributed by atoms with van der Waals surface area (Å²) in [7, 11) is -3.73. The van der Waals surface area contributed by atoms with Gasteiger partial charge in [0.25, 0.3) is 0 Å². The molecule has 0 saturated heterocycles. The Morgan fingerprint density at radius 2 is 1.88 bits per heavy atom. The number of aliphatic carboxylic acids is 1. The number of nitrogens with zero attached hydrogens (tertiary/aromatic N) is 2. The van der Waals surface area contributed by atoms with E-state index >= 15 is 0 Å². The number of hydrogen-bond donors (Lipinski definition) is 2. The molecule has 0 aliphatic rings. The smallest absolute Gasteiger partial charge is 0.307 e. The lowest BCUT2D eigenvalue weighted by Gasteiger charge is -2.07. The van der Waals surface area contributed by atoms with Crippen LogP contribution in [-0.2, 0) is 27.7 Å². The summed E-state index contributed by atoms with van der Waals surface area (Å²) < 4.78 is 26.7. The zero-order valence-electron chi connectivity index (χ0n) is 12.6. The van der Waals surface area contributed by atoms with Crippen LogP contribution in [0.1, 0.15) is 16.7 Å². The molecule has 124 valence electrons. The van der Waals surface area contributed by atoms with Crippen molar-refractivity contribution in [2.24, 2.45) is 0 Å². The van der Waals surface area contributed by atoms with Gasteiger partial charge in [0, 0.05) is 18.9 Å². The van der Waals surface area contributed by atoms with Gasteiger partial charge in [-0.1, -0.05) is 24.3 Å². The number of aromatic nitrogens is 1. The third-order valence-electron chi connectivity index (χ3n) is 3.24. The number of carboxylic acids is 1. The Morgan fingerprint density at radius 1 is 1.21 bits per heavy atom. The Morgan fingerprint density at radius 3 is 2.50 bits per heavy atom. The van der Waals surface area contributed by atoms with Crippen LogP contribution in [0.5, 0.6) is 0 Å². The van der Waals surface area contributed by atoms with Gasteiger partial charge in [-0.3, -0.25) is 9.78 Å². The molecular weight excluding hydrogens is 330 g/mol. The van der Waals surface area contributed by atoms with Gasteiger partial charge in [-0.05, 0) is 23.6 Å². The summed E-state index contributed by atoms with van der Waals surface area (Å²) in [6.07, 6.45) is 2.88. The summed E-state index contributed by atoms with van der Waals surface area (Å²) >= 11 is 0. The summed E-state index contributed by atoms with van der Waals surface area (Å²) in [5.74, 6) is -0.899. The molecule has 0 atom stereocenters. The molecule has 0 fully saturated rings. The number of nitrogens with one attached hydrogen (secondary N) is 1. The summed E-state index contributed by atoms with van der Waals surface area (Å²) in [5.41, 5.74) is 1.74. The van der Waals surface area contributed by atoms with E-state index in [1.54, 1.807) is 24.3 Å². The number of nitriles is 1. The maximum Gasteiger partial charge on any atom is 0.307 e. The third-order valence-corrected chi connectivity index (χ3v) is 4.66. The largest absolute Gasteiger partial charge is 0.481 e. The van der Waals surface area contributed by atoms with Crippen molar-refractivity contribution in [2.45, 2.75) is 17.7 Å². The molecule has 7 nitrogen and oxygen atoms in total. The lowest BCUT2D eigenvalue weighted by Crippen LogP contribution is -2.26. The molecule has 2 N–H and O–H groups in total. The molecule has 0 spiro atoms. The second-order valence-corrected chi connectivity index (χ2v) is 6.82. The summed E-state index contributed by atoms with van der Waals surface area (Å²) in [5, 5.41) is 17.5. The molecular formula is C16H15N3O4S. The Kier molecular flexibility index (Phi) is 5.63. The normalized spacial score (nSPS) is 11.0. The summed E-state index contributed by atoms with van der Waals surface area (Å²) in [4.78, 5) is 14.3. The van der Waals surface area contributed by atoms with Crippen molar-refractivity contribution in [1.29, 1.82) is 5.26 Å². The van der Waals surface area contributed by atoms with E-state index in [-0.39, 0.29) is 23.4 Å². The highest BCUT2D eigenvalue weighted by atomic mass is 32.2. The number of hydrogen-bond acceptors (Lipinski definition) is 5. The van der Waals surface area contributed by atoms with E-state index in [4.69, 9.17) is 10.4 Å². The average Bonchev–Trinajstić information content (AvgIpc) is 2.56. The fourth-order valence-electron chi connectivity index (χ4n) is 2.04. The monoisotopic (exact) mass is 345 g/mol.